The van der Waals surface area contributed by atoms with Gasteiger partial charge in [-0.3, -0.25) is 0 Å². The van der Waals surface area contributed by atoms with Crippen molar-refractivity contribution in [2.45, 2.75) is 59.8 Å². The quantitative estimate of drug-likeness (QED) is 0.574. The first-order valence-corrected chi connectivity index (χ1v) is 6.07. The minimum Gasteiger partial charge on any atom is -0.102 e. The second kappa shape index (κ2) is 4.87. The highest BCUT2D eigenvalue weighted by molar-refractivity contribution is 5.15. The van der Waals surface area contributed by atoms with E-state index in [4.69, 9.17) is 0 Å². The summed E-state index contributed by atoms with van der Waals surface area (Å²) in [5, 5.41) is 0. The molecule has 0 bridgehead atoms. The maximum Gasteiger partial charge on any atom is 0.0337 e. The van der Waals surface area contributed by atoms with Crippen molar-refractivity contribution in [1.82, 2.24) is 0 Å². The number of hydrogen-bond donors (Lipinski definition) is 0. The van der Waals surface area contributed by atoms with Gasteiger partial charge in [-0.2, -0.15) is 0 Å². The Hall–Kier alpha value is -0.440. The molecule has 0 aromatic rings. The third-order valence-corrected chi connectivity index (χ3v) is 3.45. The largest absolute Gasteiger partial charge is 0.102 e. The smallest absolute Gasteiger partial charge is 0.0337 e. The van der Waals surface area contributed by atoms with Crippen LogP contribution in [0.3, 0.4) is 0 Å². The lowest BCUT2D eigenvalue weighted by Crippen LogP contribution is -2.21. The van der Waals surface area contributed by atoms with Gasteiger partial charge in [0.25, 0.3) is 0 Å². The molecule has 0 N–H and O–H groups in total. The molecule has 0 heterocycles. The molecule has 0 aromatic heterocycles. The molecule has 0 aliphatic heterocycles. The Morgan fingerprint density at radius 2 is 1.64 bits per heavy atom. The Morgan fingerprint density at radius 3 is 2.07 bits per heavy atom. The van der Waals surface area contributed by atoms with Gasteiger partial charge in [0, 0.05) is 11.8 Å². The molecule has 14 heavy (non-hydrogen) atoms. The monoisotopic (exact) mass is 192 g/mol. The van der Waals surface area contributed by atoms with E-state index in [0.717, 1.165) is 12.3 Å². The van der Waals surface area contributed by atoms with Crippen molar-refractivity contribution in [2.75, 3.05) is 0 Å². The molecular formula is C14H24. The minimum atomic E-state index is 0.370. The molecule has 80 valence electrons. The first-order valence-electron chi connectivity index (χ1n) is 6.07. The van der Waals surface area contributed by atoms with Crippen LogP contribution in [0.5, 0.6) is 0 Å². The van der Waals surface area contributed by atoms with Gasteiger partial charge in [0.05, 0.1) is 0 Å². The molecule has 1 aliphatic carbocycles. The van der Waals surface area contributed by atoms with Gasteiger partial charge >= 0.3 is 0 Å². The SMILES string of the molecule is CC(C)CC#CC1(C(C)C)CCCC1. The summed E-state index contributed by atoms with van der Waals surface area (Å²) in [6.07, 6.45) is 6.49. The van der Waals surface area contributed by atoms with E-state index >= 15 is 0 Å². The molecule has 0 atom stereocenters. The molecule has 0 nitrogen and oxygen atoms in total. The first-order chi connectivity index (χ1) is 6.57. The number of hydrogen-bond acceptors (Lipinski definition) is 0. The van der Waals surface area contributed by atoms with E-state index in [1.807, 2.05) is 0 Å². The van der Waals surface area contributed by atoms with Gasteiger partial charge < -0.3 is 0 Å². The maximum absolute atomic E-state index is 3.58. The fourth-order valence-electron chi connectivity index (χ4n) is 2.28. The van der Waals surface area contributed by atoms with E-state index < -0.39 is 0 Å². The summed E-state index contributed by atoms with van der Waals surface area (Å²) >= 11 is 0. The zero-order chi connectivity index (χ0) is 10.6. The molecule has 1 saturated carbocycles. The third-order valence-electron chi connectivity index (χ3n) is 3.45. The van der Waals surface area contributed by atoms with Crippen LogP contribution >= 0.6 is 0 Å². The zero-order valence-corrected chi connectivity index (χ0v) is 10.2. The van der Waals surface area contributed by atoms with Gasteiger partial charge in [-0.05, 0) is 24.7 Å². The zero-order valence-electron chi connectivity index (χ0n) is 10.2. The van der Waals surface area contributed by atoms with Gasteiger partial charge in [-0.1, -0.05) is 46.5 Å². The van der Waals surface area contributed by atoms with Crippen molar-refractivity contribution in [2.24, 2.45) is 17.3 Å². The van der Waals surface area contributed by atoms with Crippen LogP contribution in [0.2, 0.25) is 0 Å². The summed E-state index contributed by atoms with van der Waals surface area (Å²) in [5.74, 6) is 8.42. The second-order valence-electron chi connectivity index (χ2n) is 5.42. The normalized spacial score (nSPS) is 19.9. The minimum absolute atomic E-state index is 0.370. The number of rotatable bonds is 2. The van der Waals surface area contributed by atoms with Gasteiger partial charge in [0.1, 0.15) is 0 Å². The van der Waals surface area contributed by atoms with Crippen LogP contribution in [0.1, 0.15) is 59.8 Å². The summed E-state index contributed by atoms with van der Waals surface area (Å²) in [7, 11) is 0. The van der Waals surface area contributed by atoms with Crippen LogP contribution in [0.4, 0.5) is 0 Å². The van der Waals surface area contributed by atoms with Crippen LogP contribution < -0.4 is 0 Å². The third kappa shape index (κ3) is 2.77. The molecular weight excluding hydrogens is 168 g/mol. The van der Waals surface area contributed by atoms with Crippen LogP contribution in [0.25, 0.3) is 0 Å². The van der Waals surface area contributed by atoms with Crippen LogP contribution in [-0.4, -0.2) is 0 Å². The molecule has 1 aliphatic rings. The van der Waals surface area contributed by atoms with E-state index in [9.17, 15) is 0 Å². The summed E-state index contributed by atoms with van der Waals surface area (Å²) < 4.78 is 0. The molecule has 0 spiro atoms. The molecule has 0 amide bonds. The lowest BCUT2D eigenvalue weighted by atomic mass is 9.76. The molecule has 1 fully saturated rings. The Kier molecular flexibility index (Phi) is 4.05. The molecule has 1 rings (SSSR count). The Morgan fingerprint density at radius 1 is 1.07 bits per heavy atom. The molecule has 0 radical (unpaired) electrons. The van der Waals surface area contributed by atoms with Gasteiger partial charge in [-0.15, -0.1) is 5.92 Å². The topological polar surface area (TPSA) is 0 Å². The van der Waals surface area contributed by atoms with Crippen molar-refractivity contribution in [3.05, 3.63) is 0 Å². The Labute approximate surface area is 89.5 Å². The van der Waals surface area contributed by atoms with E-state index in [1.54, 1.807) is 0 Å². The van der Waals surface area contributed by atoms with Crippen molar-refractivity contribution in [3.63, 3.8) is 0 Å². The fraction of sp³-hybridized carbons (Fsp3) is 0.857. The van der Waals surface area contributed by atoms with Gasteiger partial charge in [0.15, 0.2) is 0 Å². The van der Waals surface area contributed by atoms with Crippen molar-refractivity contribution < 1.29 is 0 Å². The van der Waals surface area contributed by atoms with Crippen LogP contribution in [0, 0.1) is 29.1 Å². The highest BCUT2D eigenvalue weighted by atomic mass is 14.4. The first kappa shape index (κ1) is 11.6. The molecule has 0 aromatic carbocycles. The van der Waals surface area contributed by atoms with Crippen molar-refractivity contribution in [1.29, 1.82) is 0 Å². The fourth-order valence-corrected chi connectivity index (χ4v) is 2.28. The summed E-state index contributed by atoms with van der Waals surface area (Å²) in [6.45, 7) is 9.14. The predicted octanol–water partition coefficient (Wildman–Crippen LogP) is 4.25. The van der Waals surface area contributed by atoms with Gasteiger partial charge in [-0.25, -0.2) is 0 Å². The predicted molar refractivity (Wildman–Crippen MR) is 63.0 cm³/mol. The second-order valence-corrected chi connectivity index (χ2v) is 5.42. The average Bonchev–Trinajstić information content (AvgIpc) is 2.53. The highest BCUT2D eigenvalue weighted by Crippen LogP contribution is 2.43. The van der Waals surface area contributed by atoms with Gasteiger partial charge in [0.2, 0.25) is 0 Å². The van der Waals surface area contributed by atoms with E-state index in [-0.39, 0.29) is 0 Å². The Bertz CT molecular complexity index is 218. The van der Waals surface area contributed by atoms with E-state index in [2.05, 4.69) is 39.5 Å². The van der Waals surface area contributed by atoms with E-state index in [0.29, 0.717) is 11.3 Å². The maximum atomic E-state index is 3.58. The van der Waals surface area contributed by atoms with E-state index in [1.165, 1.54) is 25.7 Å². The lowest BCUT2D eigenvalue weighted by Gasteiger charge is -2.27. The van der Waals surface area contributed by atoms with Crippen molar-refractivity contribution >= 4 is 0 Å². The molecule has 0 heteroatoms. The Balaban J connectivity index is 2.63. The summed E-state index contributed by atoms with van der Waals surface area (Å²) in [4.78, 5) is 0. The standard InChI is InChI=1S/C14H24/c1-12(2)8-7-11-14(13(3)4)9-5-6-10-14/h12-13H,5-6,8-10H2,1-4H3. The highest BCUT2D eigenvalue weighted by Gasteiger charge is 2.34. The summed E-state index contributed by atoms with van der Waals surface area (Å²) in [6, 6.07) is 0. The van der Waals surface area contributed by atoms with Crippen LogP contribution in [0.15, 0.2) is 0 Å². The van der Waals surface area contributed by atoms with Crippen molar-refractivity contribution in [3.8, 4) is 11.8 Å². The summed E-state index contributed by atoms with van der Waals surface area (Å²) in [5.41, 5.74) is 0.370. The molecule has 0 unspecified atom stereocenters. The average molecular weight is 192 g/mol. The molecule has 0 saturated heterocycles. The lowest BCUT2D eigenvalue weighted by molar-refractivity contribution is 0.290. The van der Waals surface area contributed by atoms with Crippen LogP contribution in [-0.2, 0) is 0 Å².